The quantitative estimate of drug-likeness (QED) is 0.781. The lowest BCUT2D eigenvalue weighted by Crippen LogP contribution is -2.08. The van der Waals surface area contributed by atoms with Gasteiger partial charge in [0.15, 0.2) is 11.5 Å². The molecule has 0 heterocycles. The molecule has 82 valence electrons. The Morgan fingerprint density at radius 3 is 2.33 bits per heavy atom. The molecule has 0 atom stereocenters. The Morgan fingerprint density at radius 1 is 1.27 bits per heavy atom. The molecule has 0 spiro atoms. The average Bonchev–Trinajstić information content (AvgIpc) is 2.92. The molecule has 3 heteroatoms. The van der Waals surface area contributed by atoms with Gasteiger partial charge in [0.05, 0.1) is 12.7 Å². The largest absolute Gasteiger partial charge is 0.504 e. The van der Waals surface area contributed by atoms with Crippen molar-refractivity contribution in [1.82, 2.24) is 0 Å². The minimum atomic E-state index is -0.710. The van der Waals surface area contributed by atoms with E-state index in [0.717, 1.165) is 29.5 Å². The van der Waals surface area contributed by atoms with Gasteiger partial charge in [0, 0.05) is 0 Å². The Labute approximate surface area is 89.3 Å². The molecule has 1 saturated carbocycles. The molecule has 2 rings (SSSR count). The molecule has 15 heavy (non-hydrogen) atoms. The summed E-state index contributed by atoms with van der Waals surface area (Å²) < 4.78 is 5.11. The molecule has 0 radical (unpaired) electrons. The first-order chi connectivity index (χ1) is 6.99. The molecule has 0 amide bonds. The van der Waals surface area contributed by atoms with E-state index < -0.39 is 5.60 Å². The number of phenols is 1. The molecule has 2 N–H and O–H groups in total. The van der Waals surface area contributed by atoms with Crippen LogP contribution in [0.15, 0.2) is 6.07 Å². The van der Waals surface area contributed by atoms with Crippen LogP contribution in [0.5, 0.6) is 11.5 Å². The molecule has 1 aliphatic rings. The van der Waals surface area contributed by atoms with Crippen LogP contribution in [-0.4, -0.2) is 17.3 Å². The van der Waals surface area contributed by atoms with Gasteiger partial charge in [0.1, 0.15) is 0 Å². The van der Waals surface area contributed by atoms with Crippen LogP contribution in [-0.2, 0) is 5.60 Å². The summed E-state index contributed by atoms with van der Waals surface area (Å²) in [4.78, 5) is 0. The zero-order valence-electron chi connectivity index (χ0n) is 9.29. The number of benzene rings is 1. The second-order valence-corrected chi connectivity index (χ2v) is 4.26. The van der Waals surface area contributed by atoms with Crippen LogP contribution in [0.25, 0.3) is 0 Å². The van der Waals surface area contributed by atoms with Crippen LogP contribution in [0.2, 0.25) is 0 Å². The molecule has 0 aliphatic heterocycles. The fraction of sp³-hybridized carbons (Fsp3) is 0.500. The highest BCUT2D eigenvalue weighted by Crippen LogP contribution is 2.49. The summed E-state index contributed by atoms with van der Waals surface area (Å²) >= 11 is 0. The molecular formula is C12H16O3. The molecule has 0 saturated heterocycles. The molecule has 0 aromatic heterocycles. The van der Waals surface area contributed by atoms with E-state index in [1.807, 2.05) is 13.8 Å². The third-order valence-corrected chi connectivity index (χ3v) is 3.25. The molecule has 3 nitrogen and oxygen atoms in total. The first-order valence-electron chi connectivity index (χ1n) is 5.09. The lowest BCUT2D eigenvalue weighted by atomic mass is 9.96. The summed E-state index contributed by atoms with van der Waals surface area (Å²) in [6.45, 7) is 3.84. The number of methoxy groups -OCH3 is 1. The smallest absolute Gasteiger partial charge is 0.163 e. The maximum Gasteiger partial charge on any atom is 0.163 e. The van der Waals surface area contributed by atoms with Crippen molar-refractivity contribution in [3.05, 3.63) is 22.8 Å². The lowest BCUT2D eigenvalue weighted by molar-refractivity contribution is 0.150. The standard InChI is InChI=1S/C12H16O3/c1-7-8(2)11(15-3)10(13)6-9(7)12(14)4-5-12/h6,13-14H,4-5H2,1-3H3. The van der Waals surface area contributed by atoms with Crippen LogP contribution in [0.1, 0.15) is 29.5 Å². The van der Waals surface area contributed by atoms with Crippen LogP contribution in [0.4, 0.5) is 0 Å². The SMILES string of the molecule is COc1c(O)cc(C2(O)CC2)c(C)c1C. The Balaban J connectivity index is 2.59. The topological polar surface area (TPSA) is 49.7 Å². The monoisotopic (exact) mass is 208 g/mol. The van der Waals surface area contributed by atoms with E-state index >= 15 is 0 Å². The second-order valence-electron chi connectivity index (χ2n) is 4.26. The van der Waals surface area contributed by atoms with Crippen molar-refractivity contribution in [2.45, 2.75) is 32.3 Å². The van der Waals surface area contributed by atoms with Gasteiger partial charge in [0.2, 0.25) is 0 Å². The van der Waals surface area contributed by atoms with Crippen molar-refractivity contribution >= 4 is 0 Å². The normalized spacial score (nSPS) is 17.6. The average molecular weight is 208 g/mol. The van der Waals surface area contributed by atoms with Gasteiger partial charge >= 0.3 is 0 Å². The Hall–Kier alpha value is -1.22. The van der Waals surface area contributed by atoms with E-state index in [1.54, 1.807) is 6.07 Å². The van der Waals surface area contributed by atoms with E-state index in [0.29, 0.717) is 5.75 Å². The number of phenolic OH excluding ortho intramolecular Hbond substituents is 1. The predicted molar refractivity (Wildman–Crippen MR) is 57.3 cm³/mol. The van der Waals surface area contributed by atoms with Gasteiger partial charge in [-0.05, 0) is 49.4 Å². The van der Waals surface area contributed by atoms with Crippen molar-refractivity contribution in [2.75, 3.05) is 7.11 Å². The zero-order chi connectivity index (χ0) is 11.2. The van der Waals surface area contributed by atoms with Gasteiger partial charge < -0.3 is 14.9 Å². The first-order valence-corrected chi connectivity index (χ1v) is 5.09. The van der Waals surface area contributed by atoms with E-state index in [4.69, 9.17) is 4.74 Å². The Morgan fingerprint density at radius 2 is 1.87 bits per heavy atom. The van der Waals surface area contributed by atoms with Crippen LogP contribution >= 0.6 is 0 Å². The number of rotatable bonds is 2. The number of aromatic hydroxyl groups is 1. The van der Waals surface area contributed by atoms with Crippen molar-refractivity contribution in [3.8, 4) is 11.5 Å². The minimum absolute atomic E-state index is 0.107. The van der Waals surface area contributed by atoms with Crippen molar-refractivity contribution in [3.63, 3.8) is 0 Å². The molecule has 1 aromatic carbocycles. The number of hydrogen-bond donors (Lipinski definition) is 2. The Kier molecular flexibility index (Phi) is 2.15. The number of ether oxygens (including phenoxy) is 1. The molecular weight excluding hydrogens is 192 g/mol. The van der Waals surface area contributed by atoms with Gasteiger partial charge in [-0.15, -0.1) is 0 Å². The fourth-order valence-corrected chi connectivity index (χ4v) is 2.00. The highest BCUT2D eigenvalue weighted by molar-refractivity contribution is 5.55. The maximum absolute atomic E-state index is 10.0. The van der Waals surface area contributed by atoms with Crippen molar-refractivity contribution < 1.29 is 14.9 Å². The Bertz CT molecular complexity index is 406. The molecule has 1 aliphatic carbocycles. The van der Waals surface area contributed by atoms with Crippen LogP contribution < -0.4 is 4.74 Å². The van der Waals surface area contributed by atoms with E-state index in [2.05, 4.69) is 0 Å². The third kappa shape index (κ3) is 1.47. The molecule has 0 bridgehead atoms. The number of hydrogen-bond acceptors (Lipinski definition) is 3. The minimum Gasteiger partial charge on any atom is -0.504 e. The number of aliphatic hydroxyl groups is 1. The van der Waals surface area contributed by atoms with Crippen molar-refractivity contribution in [2.24, 2.45) is 0 Å². The zero-order valence-corrected chi connectivity index (χ0v) is 9.29. The summed E-state index contributed by atoms with van der Waals surface area (Å²) in [5.41, 5.74) is 2.02. The summed E-state index contributed by atoms with van der Waals surface area (Å²) in [6, 6.07) is 1.62. The summed E-state index contributed by atoms with van der Waals surface area (Å²) in [7, 11) is 1.53. The van der Waals surface area contributed by atoms with E-state index in [9.17, 15) is 10.2 Å². The molecule has 1 aromatic rings. The third-order valence-electron chi connectivity index (χ3n) is 3.25. The van der Waals surface area contributed by atoms with Gasteiger partial charge in [0.25, 0.3) is 0 Å². The van der Waals surface area contributed by atoms with E-state index in [-0.39, 0.29) is 5.75 Å². The van der Waals surface area contributed by atoms with E-state index in [1.165, 1.54) is 7.11 Å². The van der Waals surface area contributed by atoms with Crippen molar-refractivity contribution in [1.29, 1.82) is 0 Å². The van der Waals surface area contributed by atoms with Gasteiger partial charge in [-0.25, -0.2) is 0 Å². The summed E-state index contributed by atoms with van der Waals surface area (Å²) in [6.07, 6.45) is 1.55. The van der Waals surface area contributed by atoms with Crippen LogP contribution in [0, 0.1) is 13.8 Å². The second kappa shape index (κ2) is 3.14. The lowest BCUT2D eigenvalue weighted by Gasteiger charge is -2.17. The molecule has 0 unspecified atom stereocenters. The van der Waals surface area contributed by atoms with Crippen LogP contribution in [0.3, 0.4) is 0 Å². The predicted octanol–water partition coefficient (Wildman–Crippen LogP) is 2.00. The van der Waals surface area contributed by atoms with Gasteiger partial charge in [-0.2, -0.15) is 0 Å². The van der Waals surface area contributed by atoms with Gasteiger partial charge in [-0.3, -0.25) is 0 Å². The first kappa shape index (κ1) is 10.3. The highest BCUT2D eigenvalue weighted by Gasteiger charge is 2.44. The highest BCUT2D eigenvalue weighted by atomic mass is 16.5. The maximum atomic E-state index is 10.0. The summed E-state index contributed by atoms with van der Waals surface area (Å²) in [5, 5.41) is 19.8. The summed E-state index contributed by atoms with van der Waals surface area (Å²) in [5.74, 6) is 0.608. The molecule has 1 fully saturated rings. The van der Waals surface area contributed by atoms with Gasteiger partial charge in [-0.1, -0.05) is 0 Å². The fourth-order valence-electron chi connectivity index (χ4n) is 2.00.